The van der Waals surface area contributed by atoms with Gasteiger partial charge in [0.15, 0.2) is 0 Å². The Labute approximate surface area is 159 Å². The monoisotopic (exact) mass is 392 g/mol. The number of rotatable bonds is 9. The van der Waals surface area contributed by atoms with Crippen LogP contribution < -0.4 is 10.0 Å². The normalized spacial score (nSPS) is 12.5. The summed E-state index contributed by atoms with van der Waals surface area (Å²) >= 11 is 1.45. The van der Waals surface area contributed by atoms with Crippen molar-refractivity contribution in [1.82, 2.24) is 4.72 Å². The zero-order valence-corrected chi connectivity index (χ0v) is 16.6. The van der Waals surface area contributed by atoms with Gasteiger partial charge in [-0.25, -0.2) is 13.1 Å². The third-order valence-corrected chi connectivity index (χ3v) is 6.23. The largest absolute Gasteiger partial charge is 0.325 e. The molecule has 0 saturated heterocycles. The number of anilines is 1. The number of carbonyl (C=O) groups is 1. The van der Waals surface area contributed by atoms with Gasteiger partial charge in [0.1, 0.15) is 0 Å². The summed E-state index contributed by atoms with van der Waals surface area (Å²) in [4.78, 5) is 13.5. The van der Waals surface area contributed by atoms with E-state index >= 15 is 0 Å². The van der Waals surface area contributed by atoms with Gasteiger partial charge in [-0.2, -0.15) is 0 Å². The van der Waals surface area contributed by atoms with Gasteiger partial charge in [0.25, 0.3) is 0 Å². The number of thioether (sulfide) groups is 1. The van der Waals surface area contributed by atoms with Crippen LogP contribution in [0.3, 0.4) is 0 Å². The number of unbranched alkanes of at least 4 members (excludes halogenated alkanes) is 1. The van der Waals surface area contributed by atoms with Crippen molar-refractivity contribution < 1.29 is 13.2 Å². The standard InChI is InChI=1S/C19H24N2O3S2/c1-3-4-13-20-26(23,24)18-12-8-9-16(14-18)21-19(22)15(2)25-17-10-6-5-7-11-17/h5-12,14-15,20H,3-4,13H2,1-2H3,(H,21,22). The molecule has 7 heteroatoms. The number of hydrogen-bond donors (Lipinski definition) is 2. The molecule has 0 aliphatic carbocycles. The van der Waals surface area contributed by atoms with Crippen molar-refractivity contribution in [2.75, 3.05) is 11.9 Å². The molecule has 0 aliphatic heterocycles. The predicted molar refractivity (Wildman–Crippen MR) is 107 cm³/mol. The minimum Gasteiger partial charge on any atom is -0.325 e. The van der Waals surface area contributed by atoms with Gasteiger partial charge in [0.2, 0.25) is 15.9 Å². The van der Waals surface area contributed by atoms with E-state index in [9.17, 15) is 13.2 Å². The third-order valence-electron chi connectivity index (χ3n) is 3.66. The van der Waals surface area contributed by atoms with Crippen LogP contribution in [0.2, 0.25) is 0 Å². The smallest absolute Gasteiger partial charge is 0.240 e. The van der Waals surface area contributed by atoms with Gasteiger partial charge >= 0.3 is 0 Å². The van der Waals surface area contributed by atoms with Gasteiger partial charge < -0.3 is 5.32 Å². The molecule has 0 spiro atoms. The Hall–Kier alpha value is -1.83. The zero-order valence-electron chi connectivity index (χ0n) is 14.9. The molecule has 0 heterocycles. The van der Waals surface area contributed by atoms with Gasteiger partial charge in [-0.3, -0.25) is 4.79 Å². The first-order valence-corrected chi connectivity index (χ1v) is 10.9. The fraction of sp³-hybridized carbons (Fsp3) is 0.316. The van der Waals surface area contributed by atoms with Gasteiger partial charge in [0.05, 0.1) is 10.1 Å². The highest BCUT2D eigenvalue weighted by Gasteiger charge is 2.17. The number of nitrogens with one attached hydrogen (secondary N) is 2. The van der Waals surface area contributed by atoms with E-state index in [0.717, 1.165) is 17.7 Å². The lowest BCUT2D eigenvalue weighted by molar-refractivity contribution is -0.115. The summed E-state index contributed by atoms with van der Waals surface area (Å²) in [5.41, 5.74) is 0.467. The number of carbonyl (C=O) groups excluding carboxylic acids is 1. The molecule has 1 amide bonds. The van der Waals surface area contributed by atoms with Crippen molar-refractivity contribution in [2.24, 2.45) is 0 Å². The molecule has 0 fully saturated rings. The van der Waals surface area contributed by atoms with Crippen molar-refractivity contribution in [2.45, 2.75) is 41.7 Å². The predicted octanol–water partition coefficient (Wildman–Crippen LogP) is 3.88. The quantitative estimate of drug-likeness (QED) is 0.501. The molecule has 0 radical (unpaired) electrons. The van der Waals surface area contributed by atoms with E-state index < -0.39 is 10.0 Å². The molecule has 0 saturated carbocycles. The van der Waals surface area contributed by atoms with Crippen LogP contribution in [0.25, 0.3) is 0 Å². The van der Waals surface area contributed by atoms with Crippen LogP contribution in [-0.4, -0.2) is 26.1 Å². The topological polar surface area (TPSA) is 75.3 Å². The van der Waals surface area contributed by atoms with Crippen LogP contribution in [0.5, 0.6) is 0 Å². The molecule has 26 heavy (non-hydrogen) atoms. The van der Waals surface area contributed by atoms with Crippen molar-refractivity contribution in [3.05, 3.63) is 54.6 Å². The van der Waals surface area contributed by atoms with Crippen LogP contribution in [0, 0.1) is 0 Å². The first-order valence-electron chi connectivity index (χ1n) is 8.54. The van der Waals surface area contributed by atoms with Gasteiger partial charge in [0, 0.05) is 17.1 Å². The number of sulfonamides is 1. The van der Waals surface area contributed by atoms with E-state index in [1.54, 1.807) is 12.1 Å². The molecule has 0 aliphatic rings. The summed E-state index contributed by atoms with van der Waals surface area (Å²) in [5, 5.41) is 2.48. The zero-order chi connectivity index (χ0) is 19.0. The summed E-state index contributed by atoms with van der Waals surface area (Å²) in [6.45, 7) is 4.22. The molecule has 1 unspecified atom stereocenters. The lowest BCUT2D eigenvalue weighted by atomic mass is 10.3. The molecule has 2 rings (SSSR count). The van der Waals surface area contributed by atoms with E-state index in [1.165, 1.54) is 23.9 Å². The Morgan fingerprint density at radius 1 is 1.12 bits per heavy atom. The van der Waals surface area contributed by atoms with Crippen LogP contribution in [0.4, 0.5) is 5.69 Å². The molecular weight excluding hydrogens is 368 g/mol. The van der Waals surface area contributed by atoms with E-state index in [0.29, 0.717) is 12.2 Å². The number of benzene rings is 2. The summed E-state index contributed by atoms with van der Waals surface area (Å²) in [6.07, 6.45) is 1.69. The third kappa shape index (κ3) is 6.16. The molecule has 2 aromatic carbocycles. The number of hydrogen-bond acceptors (Lipinski definition) is 4. The molecule has 1 atom stereocenters. The average Bonchev–Trinajstić information content (AvgIpc) is 2.63. The van der Waals surface area contributed by atoms with Crippen molar-refractivity contribution >= 4 is 33.4 Å². The summed E-state index contributed by atoms with van der Waals surface area (Å²) in [7, 11) is -3.57. The van der Waals surface area contributed by atoms with Crippen LogP contribution in [0.15, 0.2) is 64.4 Å². The van der Waals surface area contributed by atoms with Crippen LogP contribution in [-0.2, 0) is 14.8 Å². The van der Waals surface area contributed by atoms with E-state index in [-0.39, 0.29) is 16.1 Å². The minimum absolute atomic E-state index is 0.148. The van der Waals surface area contributed by atoms with E-state index in [4.69, 9.17) is 0 Å². The second-order valence-electron chi connectivity index (χ2n) is 5.84. The summed E-state index contributed by atoms with van der Waals surface area (Å²) in [6, 6.07) is 16.0. The molecule has 140 valence electrons. The van der Waals surface area contributed by atoms with Crippen molar-refractivity contribution in [3.8, 4) is 0 Å². The molecule has 0 aromatic heterocycles. The molecule has 2 aromatic rings. The fourth-order valence-corrected chi connectivity index (χ4v) is 4.22. The number of amides is 1. The Balaban J connectivity index is 2.02. The average molecular weight is 393 g/mol. The summed E-state index contributed by atoms with van der Waals surface area (Å²) in [5.74, 6) is -0.174. The highest BCUT2D eigenvalue weighted by Crippen LogP contribution is 2.24. The Bertz CT molecular complexity index is 824. The van der Waals surface area contributed by atoms with Gasteiger partial charge in [-0.1, -0.05) is 37.6 Å². The Morgan fingerprint density at radius 2 is 1.85 bits per heavy atom. The van der Waals surface area contributed by atoms with Crippen LogP contribution >= 0.6 is 11.8 Å². The lowest BCUT2D eigenvalue weighted by Gasteiger charge is -2.13. The molecule has 0 bridgehead atoms. The van der Waals surface area contributed by atoms with E-state index in [2.05, 4.69) is 10.0 Å². The maximum atomic E-state index is 12.4. The first kappa shape index (κ1) is 20.5. The highest BCUT2D eigenvalue weighted by molar-refractivity contribution is 8.00. The molecular formula is C19H24N2O3S2. The maximum Gasteiger partial charge on any atom is 0.240 e. The Morgan fingerprint density at radius 3 is 2.54 bits per heavy atom. The van der Waals surface area contributed by atoms with Gasteiger partial charge in [-0.05, 0) is 43.7 Å². The SMILES string of the molecule is CCCCNS(=O)(=O)c1cccc(NC(=O)C(C)Sc2ccccc2)c1. The lowest BCUT2D eigenvalue weighted by Crippen LogP contribution is -2.25. The second-order valence-corrected chi connectivity index (χ2v) is 9.02. The maximum absolute atomic E-state index is 12.4. The van der Waals surface area contributed by atoms with E-state index in [1.807, 2.05) is 44.2 Å². The van der Waals surface area contributed by atoms with Crippen molar-refractivity contribution in [3.63, 3.8) is 0 Å². The minimum atomic E-state index is -3.57. The molecule has 5 nitrogen and oxygen atoms in total. The van der Waals surface area contributed by atoms with Gasteiger partial charge in [-0.15, -0.1) is 11.8 Å². The second kappa shape index (κ2) is 9.75. The summed E-state index contributed by atoms with van der Waals surface area (Å²) < 4.78 is 27.2. The first-order chi connectivity index (χ1) is 12.4. The molecule has 2 N–H and O–H groups in total. The Kier molecular flexibility index (Phi) is 7.68. The van der Waals surface area contributed by atoms with Crippen LogP contribution in [0.1, 0.15) is 26.7 Å². The fourth-order valence-electron chi connectivity index (χ4n) is 2.21. The van der Waals surface area contributed by atoms with Crippen molar-refractivity contribution in [1.29, 1.82) is 0 Å². The highest BCUT2D eigenvalue weighted by atomic mass is 32.2.